The van der Waals surface area contributed by atoms with Crippen molar-refractivity contribution in [2.24, 2.45) is 5.92 Å². The van der Waals surface area contributed by atoms with Crippen LogP contribution in [0.2, 0.25) is 0 Å². The van der Waals surface area contributed by atoms with E-state index in [0.29, 0.717) is 11.4 Å². The predicted octanol–water partition coefficient (Wildman–Crippen LogP) is 4.05. The van der Waals surface area contributed by atoms with Crippen molar-refractivity contribution >= 4 is 23.2 Å². The second-order valence-corrected chi connectivity index (χ2v) is 7.75. The third kappa shape index (κ3) is 3.07. The van der Waals surface area contributed by atoms with E-state index in [1.165, 1.54) is 4.90 Å². The number of ether oxygens (including phenoxy) is 1. The number of rotatable bonds is 4. The Bertz CT molecular complexity index is 1130. The third-order valence-electron chi connectivity index (χ3n) is 5.88. The summed E-state index contributed by atoms with van der Waals surface area (Å²) in [5.41, 5.74) is 3.19. The fourth-order valence-corrected chi connectivity index (χ4v) is 4.39. The minimum absolute atomic E-state index is 0.270. The van der Waals surface area contributed by atoms with Crippen LogP contribution in [-0.2, 0) is 14.4 Å². The Labute approximate surface area is 180 Å². The number of carbonyl (C=O) groups excluding carboxylic acids is 2. The van der Waals surface area contributed by atoms with Gasteiger partial charge in [0.2, 0.25) is 5.91 Å². The van der Waals surface area contributed by atoms with E-state index in [0.717, 1.165) is 16.8 Å². The first-order valence-electron chi connectivity index (χ1n) is 10.2. The van der Waals surface area contributed by atoms with Gasteiger partial charge in [0.15, 0.2) is 6.10 Å². The highest BCUT2D eigenvalue weighted by atomic mass is 16.7. The van der Waals surface area contributed by atoms with Crippen LogP contribution >= 0.6 is 0 Å². The molecule has 6 heteroatoms. The fourth-order valence-electron chi connectivity index (χ4n) is 4.39. The van der Waals surface area contributed by atoms with E-state index in [4.69, 9.17) is 9.57 Å². The van der Waals surface area contributed by atoms with Gasteiger partial charge in [0, 0.05) is 5.56 Å². The molecule has 0 aromatic heterocycles. The van der Waals surface area contributed by atoms with Crippen LogP contribution in [0.25, 0.3) is 0 Å². The monoisotopic (exact) mass is 414 g/mol. The Morgan fingerprint density at radius 2 is 1.48 bits per heavy atom. The molecule has 0 aliphatic carbocycles. The van der Waals surface area contributed by atoms with Crippen LogP contribution in [0.15, 0.2) is 78.9 Å². The third-order valence-corrected chi connectivity index (χ3v) is 5.88. The number of amides is 2. The first-order valence-corrected chi connectivity index (χ1v) is 10.2. The number of anilines is 2. The van der Waals surface area contributed by atoms with Crippen LogP contribution in [0, 0.1) is 12.8 Å². The number of carbonyl (C=O) groups is 2. The molecule has 0 N–H and O–H groups in total. The lowest BCUT2D eigenvalue weighted by molar-refractivity contribution is -0.126. The summed E-state index contributed by atoms with van der Waals surface area (Å²) in [6, 6.07) is 23.9. The van der Waals surface area contributed by atoms with Crippen molar-refractivity contribution in [3.8, 4) is 5.75 Å². The molecule has 0 unspecified atom stereocenters. The van der Waals surface area contributed by atoms with Gasteiger partial charge in [-0.1, -0.05) is 54.1 Å². The first-order chi connectivity index (χ1) is 15.1. The van der Waals surface area contributed by atoms with Gasteiger partial charge in [-0.15, -0.1) is 0 Å². The van der Waals surface area contributed by atoms with Crippen LogP contribution in [0.5, 0.6) is 5.75 Å². The van der Waals surface area contributed by atoms with E-state index in [1.54, 1.807) is 24.3 Å². The lowest BCUT2D eigenvalue weighted by Gasteiger charge is -2.29. The molecule has 3 aromatic rings. The number of benzene rings is 3. The zero-order valence-electron chi connectivity index (χ0n) is 17.3. The number of imide groups is 1. The van der Waals surface area contributed by atoms with Crippen LogP contribution in [-0.4, -0.2) is 25.0 Å². The summed E-state index contributed by atoms with van der Waals surface area (Å²) in [6.07, 6.45) is -0.899. The number of hydrogen-bond donors (Lipinski definition) is 0. The number of para-hydroxylation sites is 2. The first kappa shape index (κ1) is 19.3. The Morgan fingerprint density at radius 3 is 2.19 bits per heavy atom. The molecule has 2 aliphatic heterocycles. The predicted molar refractivity (Wildman–Crippen MR) is 117 cm³/mol. The Morgan fingerprint density at radius 1 is 0.806 bits per heavy atom. The highest BCUT2D eigenvalue weighted by Crippen LogP contribution is 2.49. The zero-order valence-corrected chi connectivity index (χ0v) is 17.3. The molecule has 6 nitrogen and oxygen atoms in total. The molecule has 3 aromatic carbocycles. The van der Waals surface area contributed by atoms with Crippen molar-refractivity contribution in [3.63, 3.8) is 0 Å². The molecule has 0 bridgehead atoms. The quantitative estimate of drug-likeness (QED) is 0.603. The lowest BCUT2D eigenvalue weighted by Crippen LogP contribution is -2.37. The van der Waals surface area contributed by atoms with Crippen molar-refractivity contribution in [2.45, 2.75) is 19.1 Å². The van der Waals surface area contributed by atoms with Gasteiger partial charge in [-0.05, 0) is 37.3 Å². The average Bonchev–Trinajstić information content (AvgIpc) is 3.31. The summed E-state index contributed by atoms with van der Waals surface area (Å²) in [5.74, 6) is -0.664. The molecule has 2 saturated heterocycles. The highest BCUT2D eigenvalue weighted by Gasteiger charge is 2.60. The van der Waals surface area contributed by atoms with Gasteiger partial charge in [-0.25, -0.2) is 9.96 Å². The molecular formula is C25H22N2O4. The Hall–Kier alpha value is -3.64. The van der Waals surface area contributed by atoms with Gasteiger partial charge in [-0.3, -0.25) is 14.4 Å². The topological polar surface area (TPSA) is 59.1 Å². The maximum Gasteiger partial charge on any atom is 0.266 e. The van der Waals surface area contributed by atoms with Crippen LogP contribution in [0.3, 0.4) is 0 Å². The molecule has 31 heavy (non-hydrogen) atoms. The summed E-state index contributed by atoms with van der Waals surface area (Å²) in [7, 11) is 1.60. The van der Waals surface area contributed by atoms with Gasteiger partial charge < -0.3 is 4.74 Å². The number of hydrogen-bond acceptors (Lipinski definition) is 5. The smallest absolute Gasteiger partial charge is 0.266 e. The lowest BCUT2D eigenvalue weighted by atomic mass is 9.90. The van der Waals surface area contributed by atoms with Crippen LogP contribution in [0.1, 0.15) is 17.2 Å². The second kappa shape index (κ2) is 7.56. The average molecular weight is 414 g/mol. The number of nitrogens with zero attached hydrogens (tertiary/aromatic N) is 2. The van der Waals surface area contributed by atoms with Gasteiger partial charge >= 0.3 is 0 Å². The molecule has 0 radical (unpaired) electrons. The van der Waals surface area contributed by atoms with Crippen molar-refractivity contribution in [2.75, 3.05) is 17.1 Å². The minimum atomic E-state index is -0.899. The number of aryl methyl sites for hydroxylation is 1. The molecule has 2 aliphatic rings. The van der Waals surface area contributed by atoms with E-state index >= 15 is 0 Å². The largest absolute Gasteiger partial charge is 0.496 e. The maximum absolute atomic E-state index is 13.6. The summed E-state index contributed by atoms with van der Waals surface area (Å²) in [6.45, 7) is 1.96. The number of fused-ring (bicyclic) bond motifs is 1. The number of hydroxylamine groups is 1. The van der Waals surface area contributed by atoms with Gasteiger partial charge in [0.05, 0.1) is 24.5 Å². The van der Waals surface area contributed by atoms with Crippen molar-refractivity contribution < 1.29 is 19.2 Å². The Kier molecular flexibility index (Phi) is 4.71. The normalized spacial score (nSPS) is 22.7. The van der Waals surface area contributed by atoms with Crippen molar-refractivity contribution in [1.82, 2.24) is 0 Å². The van der Waals surface area contributed by atoms with Crippen molar-refractivity contribution in [3.05, 3.63) is 90.0 Å². The number of methoxy groups -OCH3 is 1. The fraction of sp³-hybridized carbons (Fsp3) is 0.200. The van der Waals surface area contributed by atoms with Gasteiger partial charge in [0.25, 0.3) is 5.91 Å². The van der Waals surface area contributed by atoms with Crippen LogP contribution in [0.4, 0.5) is 11.4 Å². The van der Waals surface area contributed by atoms with E-state index in [9.17, 15) is 9.59 Å². The summed E-state index contributed by atoms with van der Waals surface area (Å²) < 4.78 is 5.59. The summed E-state index contributed by atoms with van der Waals surface area (Å²) >= 11 is 0. The van der Waals surface area contributed by atoms with Gasteiger partial charge in [0.1, 0.15) is 11.7 Å². The zero-order chi connectivity index (χ0) is 21.5. The SMILES string of the molecule is COc1ccccc1[C@@H]1[C@H]2C(=O)N(c3ccc(C)cc3)C(=O)[C@@H]2ON1c1ccccc1. The molecule has 2 fully saturated rings. The van der Waals surface area contributed by atoms with Gasteiger partial charge in [-0.2, -0.15) is 0 Å². The summed E-state index contributed by atoms with van der Waals surface area (Å²) in [4.78, 5) is 34.3. The molecule has 156 valence electrons. The maximum atomic E-state index is 13.6. The van der Waals surface area contributed by atoms with E-state index in [1.807, 2.05) is 73.7 Å². The molecule has 2 amide bonds. The molecule has 5 rings (SSSR count). The Balaban J connectivity index is 1.61. The molecule has 3 atom stereocenters. The van der Waals surface area contributed by atoms with E-state index in [-0.39, 0.29) is 11.8 Å². The second-order valence-electron chi connectivity index (χ2n) is 7.75. The highest BCUT2D eigenvalue weighted by molar-refractivity contribution is 6.23. The van der Waals surface area contributed by atoms with Crippen LogP contribution < -0.4 is 14.7 Å². The molecular weight excluding hydrogens is 392 g/mol. The van der Waals surface area contributed by atoms with E-state index in [2.05, 4.69) is 0 Å². The standard InChI is InChI=1S/C25H22N2O4/c1-16-12-14-17(15-13-16)26-24(28)21-22(19-10-6-7-11-20(19)30-2)27(31-23(21)25(26)29)18-8-4-3-5-9-18/h3-15,21-23H,1-2H3/t21-,22-,23-/m1/s1. The minimum Gasteiger partial charge on any atom is -0.496 e. The molecule has 2 heterocycles. The molecule has 0 spiro atoms. The molecule has 0 saturated carbocycles. The van der Waals surface area contributed by atoms with E-state index < -0.39 is 18.1 Å². The summed E-state index contributed by atoms with van der Waals surface area (Å²) in [5, 5.41) is 1.68. The van der Waals surface area contributed by atoms with Crippen molar-refractivity contribution in [1.29, 1.82) is 0 Å².